The fourth-order valence-corrected chi connectivity index (χ4v) is 1.51. The van der Waals surface area contributed by atoms with Gasteiger partial charge in [0.25, 0.3) is 0 Å². The normalized spacial score (nSPS) is 10.2. The maximum atomic E-state index is 9.55. The zero-order valence-electron chi connectivity index (χ0n) is 8.73. The van der Waals surface area contributed by atoms with Gasteiger partial charge in [-0.25, -0.2) is 0 Å². The van der Waals surface area contributed by atoms with Crippen LogP contribution >= 0.6 is 0 Å². The Balaban J connectivity index is 3.26. The van der Waals surface area contributed by atoms with Crippen LogP contribution in [-0.4, -0.2) is 11.7 Å². The molecule has 0 spiro atoms. The van der Waals surface area contributed by atoms with E-state index in [1.54, 1.807) is 6.07 Å². The van der Waals surface area contributed by atoms with Crippen molar-refractivity contribution in [3.05, 3.63) is 22.8 Å². The summed E-state index contributed by atoms with van der Waals surface area (Å²) >= 11 is 0. The average molecular weight is 179 g/mol. The molecular weight excluding hydrogens is 162 g/mol. The van der Waals surface area contributed by atoms with E-state index in [9.17, 15) is 5.11 Å². The lowest BCUT2D eigenvalue weighted by Crippen LogP contribution is -2.02. The first kappa shape index (κ1) is 9.90. The number of benzene rings is 1. The minimum absolute atomic E-state index is 0.386. The van der Waals surface area contributed by atoms with E-state index < -0.39 is 0 Å². The summed E-state index contributed by atoms with van der Waals surface area (Å²) in [5, 5.41) is 12.8. The molecule has 0 saturated heterocycles. The van der Waals surface area contributed by atoms with Crippen molar-refractivity contribution in [2.45, 2.75) is 27.7 Å². The van der Waals surface area contributed by atoms with E-state index >= 15 is 0 Å². The van der Waals surface area contributed by atoms with Gasteiger partial charge in [0.05, 0.1) is 0 Å². The van der Waals surface area contributed by atoms with Gasteiger partial charge in [0.15, 0.2) is 0 Å². The molecule has 0 fully saturated rings. The van der Waals surface area contributed by atoms with Crippen LogP contribution in [0.1, 0.15) is 23.6 Å². The van der Waals surface area contributed by atoms with Gasteiger partial charge in [0, 0.05) is 12.2 Å². The lowest BCUT2D eigenvalue weighted by Gasteiger charge is -2.14. The molecule has 0 heterocycles. The van der Waals surface area contributed by atoms with E-state index in [1.165, 1.54) is 0 Å². The largest absolute Gasteiger partial charge is 0.508 e. The van der Waals surface area contributed by atoms with E-state index in [2.05, 4.69) is 12.2 Å². The Morgan fingerprint density at radius 1 is 1.23 bits per heavy atom. The summed E-state index contributed by atoms with van der Waals surface area (Å²) in [6.07, 6.45) is 0. The van der Waals surface area contributed by atoms with Crippen molar-refractivity contribution in [3.63, 3.8) is 0 Å². The number of hydrogen-bond acceptors (Lipinski definition) is 2. The molecule has 0 bridgehead atoms. The molecule has 13 heavy (non-hydrogen) atoms. The fraction of sp³-hybridized carbons (Fsp3) is 0.455. The second kappa shape index (κ2) is 3.69. The molecule has 2 nitrogen and oxygen atoms in total. The molecule has 0 amide bonds. The Labute approximate surface area is 79.6 Å². The molecule has 2 heteroatoms. The van der Waals surface area contributed by atoms with Gasteiger partial charge in [-0.1, -0.05) is 0 Å². The van der Waals surface area contributed by atoms with Crippen molar-refractivity contribution in [2.75, 3.05) is 11.9 Å². The molecule has 0 atom stereocenters. The van der Waals surface area contributed by atoms with Gasteiger partial charge in [0.2, 0.25) is 0 Å². The number of aryl methyl sites for hydroxylation is 1. The van der Waals surface area contributed by atoms with Gasteiger partial charge in [-0.05, 0) is 50.5 Å². The van der Waals surface area contributed by atoms with Crippen molar-refractivity contribution in [1.29, 1.82) is 0 Å². The molecule has 1 aromatic carbocycles. The van der Waals surface area contributed by atoms with Gasteiger partial charge in [0.1, 0.15) is 5.75 Å². The van der Waals surface area contributed by atoms with E-state index in [4.69, 9.17) is 0 Å². The SMILES string of the molecule is CCNc1c(C)cc(O)c(C)c1C. The Morgan fingerprint density at radius 3 is 2.38 bits per heavy atom. The van der Waals surface area contributed by atoms with Crippen molar-refractivity contribution >= 4 is 5.69 Å². The third-order valence-corrected chi connectivity index (χ3v) is 2.42. The first-order valence-corrected chi connectivity index (χ1v) is 4.61. The maximum Gasteiger partial charge on any atom is 0.119 e. The van der Waals surface area contributed by atoms with Crippen LogP contribution in [0.5, 0.6) is 5.75 Å². The topological polar surface area (TPSA) is 32.3 Å². The number of rotatable bonds is 2. The van der Waals surface area contributed by atoms with Crippen molar-refractivity contribution in [2.24, 2.45) is 0 Å². The fourth-order valence-electron chi connectivity index (χ4n) is 1.51. The third kappa shape index (κ3) is 1.77. The quantitative estimate of drug-likeness (QED) is 0.684. The number of anilines is 1. The Kier molecular flexibility index (Phi) is 2.81. The van der Waals surface area contributed by atoms with Crippen LogP contribution in [0, 0.1) is 20.8 Å². The Bertz CT molecular complexity index is 318. The van der Waals surface area contributed by atoms with E-state index in [0.717, 1.165) is 28.9 Å². The van der Waals surface area contributed by atoms with E-state index in [-0.39, 0.29) is 0 Å². The minimum Gasteiger partial charge on any atom is -0.508 e. The lowest BCUT2D eigenvalue weighted by molar-refractivity contribution is 0.470. The molecule has 72 valence electrons. The highest BCUT2D eigenvalue weighted by Crippen LogP contribution is 2.29. The number of aromatic hydroxyl groups is 1. The highest BCUT2D eigenvalue weighted by Gasteiger charge is 2.07. The first-order valence-electron chi connectivity index (χ1n) is 4.61. The summed E-state index contributed by atoms with van der Waals surface area (Å²) in [5.41, 5.74) is 4.35. The number of phenolic OH excluding ortho intramolecular Hbond substituents is 1. The van der Waals surface area contributed by atoms with Crippen molar-refractivity contribution < 1.29 is 5.11 Å². The van der Waals surface area contributed by atoms with Gasteiger partial charge >= 0.3 is 0 Å². The first-order chi connectivity index (χ1) is 6.07. The van der Waals surface area contributed by atoms with Crippen LogP contribution in [0.2, 0.25) is 0 Å². The maximum absolute atomic E-state index is 9.55. The van der Waals surface area contributed by atoms with Crippen LogP contribution in [0.15, 0.2) is 6.07 Å². The van der Waals surface area contributed by atoms with Crippen LogP contribution in [0.3, 0.4) is 0 Å². The second-order valence-electron chi connectivity index (χ2n) is 3.37. The number of nitrogens with one attached hydrogen (secondary N) is 1. The molecular formula is C11H17NO. The molecule has 0 aliphatic rings. The highest BCUT2D eigenvalue weighted by molar-refractivity contribution is 5.62. The summed E-state index contributed by atoms with van der Waals surface area (Å²) in [6, 6.07) is 1.81. The molecule has 1 aromatic rings. The van der Waals surface area contributed by atoms with Crippen LogP contribution < -0.4 is 5.32 Å². The average Bonchev–Trinajstić information content (AvgIpc) is 2.09. The summed E-state index contributed by atoms with van der Waals surface area (Å²) in [6.45, 7) is 8.95. The minimum atomic E-state index is 0.386. The number of phenols is 1. The third-order valence-electron chi connectivity index (χ3n) is 2.42. The smallest absolute Gasteiger partial charge is 0.119 e. The van der Waals surface area contributed by atoms with E-state index in [0.29, 0.717) is 5.75 Å². The monoisotopic (exact) mass is 179 g/mol. The van der Waals surface area contributed by atoms with Crippen LogP contribution in [0.4, 0.5) is 5.69 Å². The molecule has 0 aliphatic heterocycles. The summed E-state index contributed by atoms with van der Waals surface area (Å²) in [5.74, 6) is 0.386. The molecule has 1 rings (SSSR count). The predicted octanol–water partition coefficient (Wildman–Crippen LogP) is 2.75. The molecule has 0 saturated carbocycles. The Morgan fingerprint density at radius 2 is 1.85 bits per heavy atom. The summed E-state index contributed by atoms with van der Waals surface area (Å²) in [7, 11) is 0. The molecule has 0 aromatic heterocycles. The standard InChI is InChI=1S/C11H17NO/c1-5-12-11-7(2)6-10(13)8(3)9(11)4/h6,12-13H,5H2,1-4H3. The molecule has 0 unspecified atom stereocenters. The van der Waals surface area contributed by atoms with Crippen molar-refractivity contribution in [3.8, 4) is 5.75 Å². The predicted molar refractivity (Wildman–Crippen MR) is 56.5 cm³/mol. The van der Waals surface area contributed by atoms with Gasteiger partial charge in [-0.15, -0.1) is 0 Å². The lowest BCUT2D eigenvalue weighted by atomic mass is 10.0. The summed E-state index contributed by atoms with van der Waals surface area (Å²) in [4.78, 5) is 0. The molecule has 0 aliphatic carbocycles. The Hall–Kier alpha value is -1.18. The molecule has 2 N–H and O–H groups in total. The van der Waals surface area contributed by atoms with Crippen LogP contribution in [0.25, 0.3) is 0 Å². The van der Waals surface area contributed by atoms with Crippen molar-refractivity contribution in [1.82, 2.24) is 0 Å². The van der Waals surface area contributed by atoms with E-state index in [1.807, 2.05) is 20.8 Å². The zero-order chi connectivity index (χ0) is 10.0. The van der Waals surface area contributed by atoms with Gasteiger partial charge < -0.3 is 10.4 Å². The highest BCUT2D eigenvalue weighted by atomic mass is 16.3. The van der Waals surface area contributed by atoms with Gasteiger partial charge in [-0.3, -0.25) is 0 Å². The number of hydrogen-bond donors (Lipinski definition) is 2. The molecule has 0 radical (unpaired) electrons. The van der Waals surface area contributed by atoms with Gasteiger partial charge in [-0.2, -0.15) is 0 Å². The van der Waals surface area contributed by atoms with Crippen LogP contribution in [-0.2, 0) is 0 Å². The summed E-state index contributed by atoms with van der Waals surface area (Å²) < 4.78 is 0. The second-order valence-corrected chi connectivity index (χ2v) is 3.37. The zero-order valence-corrected chi connectivity index (χ0v) is 8.73.